The van der Waals surface area contributed by atoms with Gasteiger partial charge in [-0.3, -0.25) is 14.4 Å². The fraction of sp³-hybridized carbons (Fsp3) is 0.368. The van der Waals surface area contributed by atoms with E-state index >= 15 is 0 Å². The van der Waals surface area contributed by atoms with Gasteiger partial charge in [0.05, 0.1) is 15.5 Å². The lowest BCUT2D eigenvalue weighted by Gasteiger charge is -2.28. The van der Waals surface area contributed by atoms with Crippen LogP contribution >= 0.6 is 0 Å². The Hall–Kier alpha value is -2.41. The Morgan fingerprint density at radius 2 is 1.85 bits per heavy atom. The van der Waals surface area contributed by atoms with E-state index in [0.717, 1.165) is 5.56 Å². The topological polar surface area (TPSA) is 80.5 Å². The van der Waals surface area contributed by atoms with Gasteiger partial charge in [0.25, 0.3) is 15.7 Å². The second-order valence-electron chi connectivity index (χ2n) is 6.52. The van der Waals surface area contributed by atoms with E-state index in [-0.39, 0.29) is 28.8 Å². The molecule has 26 heavy (non-hydrogen) atoms. The number of sulfonamides is 1. The molecule has 0 aliphatic heterocycles. The summed E-state index contributed by atoms with van der Waals surface area (Å²) in [4.78, 5) is 10.8. The van der Waals surface area contributed by atoms with Crippen molar-refractivity contribution in [3.05, 3.63) is 75.6 Å². The van der Waals surface area contributed by atoms with Gasteiger partial charge in [0.1, 0.15) is 0 Å². The van der Waals surface area contributed by atoms with Crippen molar-refractivity contribution < 1.29 is 13.3 Å². The van der Waals surface area contributed by atoms with E-state index in [4.69, 9.17) is 0 Å². The molecule has 142 valence electrons. The van der Waals surface area contributed by atoms with Crippen LogP contribution in [0.15, 0.2) is 64.9 Å². The van der Waals surface area contributed by atoms with Crippen LogP contribution in [-0.2, 0) is 10.0 Å². The number of hydrogen-bond acceptors (Lipinski definition) is 4. The molecule has 0 saturated carbocycles. The van der Waals surface area contributed by atoms with Gasteiger partial charge in [-0.25, -0.2) is 8.42 Å². The number of aryl methyl sites for hydroxylation is 1. The third kappa shape index (κ3) is 5.29. The summed E-state index contributed by atoms with van der Waals surface area (Å²) in [7, 11) is -3.88. The predicted molar refractivity (Wildman–Crippen MR) is 104 cm³/mol. The third-order valence-corrected chi connectivity index (χ3v) is 5.43. The van der Waals surface area contributed by atoms with Crippen molar-refractivity contribution in [2.45, 2.75) is 39.5 Å². The van der Waals surface area contributed by atoms with Crippen molar-refractivity contribution in [1.82, 2.24) is 4.31 Å². The first-order valence-electron chi connectivity index (χ1n) is 8.28. The van der Waals surface area contributed by atoms with Crippen LogP contribution in [0, 0.1) is 23.0 Å². The summed E-state index contributed by atoms with van der Waals surface area (Å²) in [6, 6.07) is 6.52. The molecule has 0 aliphatic rings. The number of hydrogen-bond donors (Lipinski definition) is 0. The maximum Gasteiger partial charge on any atom is 0.267 e. The molecule has 0 N–H and O–H groups in total. The van der Waals surface area contributed by atoms with Crippen molar-refractivity contribution in [2.75, 3.05) is 6.54 Å². The van der Waals surface area contributed by atoms with Crippen LogP contribution in [0.5, 0.6) is 0 Å². The van der Waals surface area contributed by atoms with Crippen LogP contribution in [0.2, 0.25) is 0 Å². The van der Waals surface area contributed by atoms with Gasteiger partial charge in [0, 0.05) is 12.6 Å². The lowest BCUT2D eigenvalue weighted by Crippen LogP contribution is -2.34. The SMILES string of the molecule is C=C(C)/C(=C\C(=C/C)[N+](=O)[O-])N(CC(C)C)S(=O)(=O)c1ccc(C)cc1. The van der Waals surface area contributed by atoms with Crippen LogP contribution in [-0.4, -0.2) is 24.2 Å². The van der Waals surface area contributed by atoms with Gasteiger partial charge in [-0.1, -0.05) is 38.1 Å². The Morgan fingerprint density at radius 3 is 2.23 bits per heavy atom. The standard InChI is InChI=1S/C19H26N2O4S/c1-7-17(21(22)23)12-19(15(4)5)20(13-14(2)3)26(24,25)18-10-8-16(6)9-11-18/h7-12,14H,4,13H2,1-3,5-6H3/b17-7+,19-12+. The average Bonchev–Trinajstić information content (AvgIpc) is 2.53. The van der Waals surface area contributed by atoms with E-state index < -0.39 is 14.9 Å². The van der Waals surface area contributed by atoms with Gasteiger partial charge in [0.15, 0.2) is 0 Å². The summed E-state index contributed by atoms with van der Waals surface area (Å²) < 4.78 is 27.6. The molecular weight excluding hydrogens is 352 g/mol. The lowest BCUT2D eigenvalue weighted by atomic mass is 10.1. The van der Waals surface area contributed by atoms with E-state index in [9.17, 15) is 18.5 Å². The van der Waals surface area contributed by atoms with E-state index in [0.29, 0.717) is 5.57 Å². The van der Waals surface area contributed by atoms with Gasteiger partial charge in [-0.05, 0) is 50.5 Å². The zero-order valence-electron chi connectivity index (χ0n) is 15.9. The molecule has 0 radical (unpaired) electrons. The summed E-state index contributed by atoms with van der Waals surface area (Å²) in [6.07, 6.45) is 2.59. The van der Waals surface area contributed by atoms with Crippen molar-refractivity contribution in [1.29, 1.82) is 0 Å². The maximum atomic E-state index is 13.2. The Kier molecular flexibility index (Phi) is 7.32. The Balaban J connectivity index is 3.60. The summed E-state index contributed by atoms with van der Waals surface area (Å²) in [5.41, 5.74) is 1.40. The summed E-state index contributed by atoms with van der Waals surface area (Å²) in [6.45, 7) is 12.8. The highest BCUT2D eigenvalue weighted by molar-refractivity contribution is 7.89. The predicted octanol–water partition coefficient (Wildman–Crippen LogP) is 4.28. The van der Waals surface area contributed by atoms with E-state index in [2.05, 4.69) is 6.58 Å². The molecule has 0 spiro atoms. The number of benzene rings is 1. The van der Waals surface area contributed by atoms with Crippen molar-refractivity contribution in [2.24, 2.45) is 5.92 Å². The van der Waals surface area contributed by atoms with Gasteiger partial charge in [-0.2, -0.15) is 0 Å². The molecule has 7 heteroatoms. The largest absolute Gasteiger partial charge is 0.267 e. The highest BCUT2D eigenvalue weighted by atomic mass is 32.2. The van der Waals surface area contributed by atoms with E-state index in [1.807, 2.05) is 20.8 Å². The molecule has 0 saturated heterocycles. The van der Waals surface area contributed by atoms with Gasteiger partial charge >= 0.3 is 0 Å². The monoisotopic (exact) mass is 378 g/mol. The average molecular weight is 378 g/mol. The highest BCUT2D eigenvalue weighted by Crippen LogP contribution is 2.26. The van der Waals surface area contributed by atoms with Crippen LogP contribution in [0.3, 0.4) is 0 Å². The Morgan fingerprint density at radius 1 is 1.31 bits per heavy atom. The Bertz CT molecular complexity index is 835. The molecule has 0 aromatic heterocycles. The molecule has 0 atom stereocenters. The van der Waals surface area contributed by atoms with Crippen LogP contribution in [0.1, 0.15) is 33.3 Å². The lowest BCUT2D eigenvalue weighted by molar-refractivity contribution is -0.419. The molecule has 0 bridgehead atoms. The maximum absolute atomic E-state index is 13.2. The quantitative estimate of drug-likeness (QED) is 0.384. The molecule has 1 aromatic rings. The number of allylic oxidation sites excluding steroid dienone is 3. The van der Waals surface area contributed by atoms with Crippen LogP contribution in [0.4, 0.5) is 0 Å². The fourth-order valence-corrected chi connectivity index (χ4v) is 3.98. The van der Waals surface area contributed by atoms with E-state index in [1.54, 1.807) is 19.1 Å². The minimum absolute atomic E-state index is 0.0163. The second kappa shape index (κ2) is 8.80. The number of nitrogens with zero attached hydrogens (tertiary/aromatic N) is 2. The smallest absolute Gasteiger partial charge is 0.266 e. The van der Waals surface area contributed by atoms with Crippen LogP contribution < -0.4 is 0 Å². The van der Waals surface area contributed by atoms with Gasteiger partial charge < -0.3 is 0 Å². The molecule has 0 heterocycles. The molecule has 6 nitrogen and oxygen atoms in total. The van der Waals surface area contributed by atoms with Crippen molar-refractivity contribution in [3.63, 3.8) is 0 Å². The normalized spacial score (nSPS) is 13.0. The van der Waals surface area contributed by atoms with Crippen molar-refractivity contribution in [3.8, 4) is 0 Å². The zero-order valence-corrected chi connectivity index (χ0v) is 16.7. The molecule has 1 rings (SSSR count). The first-order valence-corrected chi connectivity index (χ1v) is 9.72. The summed E-state index contributed by atoms with van der Waals surface area (Å²) in [5.74, 6) is 0.0163. The van der Waals surface area contributed by atoms with Crippen molar-refractivity contribution >= 4 is 10.0 Å². The number of nitro groups is 1. The minimum atomic E-state index is -3.88. The van der Waals surface area contributed by atoms with E-state index in [1.165, 1.54) is 35.5 Å². The second-order valence-corrected chi connectivity index (χ2v) is 8.39. The highest BCUT2D eigenvalue weighted by Gasteiger charge is 2.28. The molecule has 0 unspecified atom stereocenters. The molecule has 0 fully saturated rings. The molecular formula is C19H26N2O4S. The Labute approximate surface area is 155 Å². The van der Waals surface area contributed by atoms with Crippen LogP contribution in [0.25, 0.3) is 0 Å². The fourth-order valence-electron chi connectivity index (χ4n) is 2.28. The molecule has 0 amide bonds. The number of rotatable bonds is 8. The van der Waals surface area contributed by atoms with Gasteiger partial charge in [-0.15, -0.1) is 0 Å². The summed E-state index contributed by atoms with van der Waals surface area (Å²) >= 11 is 0. The first-order chi connectivity index (χ1) is 12.0. The minimum Gasteiger partial charge on any atom is -0.266 e. The molecule has 0 aliphatic carbocycles. The zero-order chi connectivity index (χ0) is 20.1. The summed E-state index contributed by atoms with van der Waals surface area (Å²) in [5, 5.41) is 11.2. The molecule has 1 aromatic carbocycles. The first kappa shape index (κ1) is 21.6. The third-order valence-electron chi connectivity index (χ3n) is 3.64. The van der Waals surface area contributed by atoms with Gasteiger partial charge in [0.2, 0.25) is 0 Å².